The molecule has 1 heteroatoms. The fourth-order valence-corrected chi connectivity index (χ4v) is 1.27. The van der Waals surface area contributed by atoms with E-state index in [1.807, 2.05) is 0 Å². The molecule has 66 valence electrons. The second kappa shape index (κ2) is 5.65. The average Bonchev–Trinajstić information content (AvgIpc) is 1.99. The summed E-state index contributed by atoms with van der Waals surface area (Å²) in [4.78, 5) is 0. The minimum Gasteiger partial charge on any atom is -0.122 e. The Morgan fingerprint density at radius 2 is 1.91 bits per heavy atom. The normalized spacial score (nSPS) is 15.6. The Hall–Kier alpha value is 0.0300. The summed E-state index contributed by atoms with van der Waals surface area (Å²) in [6, 6.07) is 0. The van der Waals surface area contributed by atoms with Gasteiger partial charge in [-0.25, -0.2) is 0 Å². The zero-order valence-corrected chi connectivity index (χ0v) is 8.78. The second-order valence-electron chi connectivity index (χ2n) is 3.42. The summed E-state index contributed by atoms with van der Waals surface area (Å²) in [5, 5.41) is 0. The molecule has 0 aromatic carbocycles. The van der Waals surface area contributed by atoms with Gasteiger partial charge in [0, 0.05) is 5.88 Å². The van der Waals surface area contributed by atoms with Crippen LogP contribution in [0.4, 0.5) is 0 Å². The van der Waals surface area contributed by atoms with E-state index in [1.165, 1.54) is 12.0 Å². The van der Waals surface area contributed by atoms with Crippen molar-refractivity contribution in [2.45, 2.75) is 34.1 Å². The van der Waals surface area contributed by atoms with Crippen molar-refractivity contribution in [3.63, 3.8) is 0 Å². The van der Waals surface area contributed by atoms with Crippen molar-refractivity contribution in [2.24, 2.45) is 11.8 Å². The van der Waals surface area contributed by atoms with Gasteiger partial charge < -0.3 is 0 Å². The van der Waals surface area contributed by atoms with E-state index >= 15 is 0 Å². The monoisotopic (exact) mass is 174 g/mol. The molecule has 0 rings (SSSR count). The molecule has 0 spiro atoms. The molecule has 0 saturated carbocycles. The van der Waals surface area contributed by atoms with Gasteiger partial charge in [0.1, 0.15) is 0 Å². The number of rotatable bonds is 4. The highest BCUT2D eigenvalue weighted by molar-refractivity contribution is 6.19. The van der Waals surface area contributed by atoms with Crippen LogP contribution in [0.25, 0.3) is 0 Å². The van der Waals surface area contributed by atoms with Gasteiger partial charge in [0.05, 0.1) is 0 Å². The van der Waals surface area contributed by atoms with Crippen LogP contribution in [0, 0.1) is 11.8 Å². The molecule has 0 heterocycles. The maximum Gasteiger partial charge on any atom is 0.0436 e. The number of halogens is 1. The van der Waals surface area contributed by atoms with Gasteiger partial charge in [0.15, 0.2) is 0 Å². The zero-order valence-electron chi connectivity index (χ0n) is 8.02. The first-order valence-electron chi connectivity index (χ1n) is 4.38. The van der Waals surface area contributed by atoms with Gasteiger partial charge in [-0.3, -0.25) is 0 Å². The van der Waals surface area contributed by atoms with Crippen molar-refractivity contribution in [2.75, 3.05) is 5.88 Å². The molecule has 0 radical (unpaired) electrons. The number of alkyl halides is 1. The molecule has 0 aromatic heterocycles. The Bertz CT molecular complexity index is 125. The van der Waals surface area contributed by atoms with Crippen molar-refractivity contribution in [3.05, 3.63) is 11.6 Å². The van der Waals surface area contributed by atoms with Crippen LogP contribution in [-0.4, -0.2) is 5.88 Å². The Morgan fingerprint density at radius 1 is 1.36 bits per heavy atom. The molecule has 0 amide bonds. The summed E-state index contributed by atoms with van der Waals surface area (Å²) in [5.74, 6) is 1.95. The summed E-state index contributed by atoms with van der Waals surface area (Å²) >= 11 is 5.80. The van der Waals surface area contributed by atoms with Crippen LogP contribution < -0.4 is 0 Å². The smallest absolute Gasteiger partial charge is 0.0436 e. The molecule has 0 aromatic rings. The van der Waals surface area contributed by atoms with E-state index in [9.17, 15) is 0 Å². The standard InChI is InChI=1S/C10H19Cl/c1-5-9(4)6-10(7-11)8(2)3/h6,8-9H,5,7H2,1-4H3/b10-6-. The third-order valence-corrected chi connectivity index (χ3v) is 2.35. The molecular formula is C10H19Cl. The number of hydrogen-bond acceptors (Lipinski definition) is 0. The third kappa shape index (κ3) is 4.47. The van der Waals surface area contributed by atoms with E-state index in [4.69, 9.17) is 11.6 Å². The molecule has 0 N–H and O–H groups in total. The molecule has 0 bridgehead atoms. The lowest BCUT2D eigenvalue weighted by molar-refractivity contribution is 0.669. The predicted octanol–water partition coefficient (Wildman–Crippen LogP) is 3.85. The average molecular weight is 175 g/mol. The summed E-state index contributed by atoms with van der Waals surface area (Å²) < 4.78 is 0. The van der Waals surface area contributed by atoms with Crippen LogP contribution in [0.3, 0.4) is 0 Å². The van der Waals surface area contributed by atoms with E-state index in [0.29, 0.717) is 17.7 Å². The Kier molecular flexibility index (Phi) is 5.67. The summed E-state index contributed by atoms with van der Waals surface area (Å²) in [7, 11) is 0. The molecule has 1 atom stereocenters. The van der Waals surface area contributed by atoms with E-state index in [-0.39, 0.29) is 0 Å². The fraction of sp³-hybridized carbons (Fsp3) is 0.800. The van der Waals surface area contributed by atoms with Crippen molar-refractivity contribution >= 4 is 11.6 Å². The Labute approximate surface area is 75.6 Å². The maximum absolute atomic E-state index is 5.80. The maximum atomic E-state index is 5.80. The summed E-state index contributed by atoms with van der Waals surface area (Å²) in [6.45, 7) is 8.81. The van der Waals surface area contributed by atoms with E-state index < -0.39 is 0 Å². The SMILES string of the molecule is CCC(C)/C=C(/CCl)C(C)C. The van der Waals surface area contributed by atoms with Crippen LogP contribution >= 0.6 is 11.6 Å². The van der Waals surface area contributed by atoms with E-state index in [2.05, 4.69) is 33.8 Å². The van der Waals surface area contributed by atoms with Crippen LogP contribution in [0.5, 0.6) is 0 Å². The molecule has 0 aliphatic carbocycles. The fourth-order valence-electron chi connectivity index (χ4n) is 0.875. The lowest BCUT2D eigenvalue weighted by atomic mass is 9.99. The van der Waals surface area contributed by atoms with Gasteiger partial charge >= 0.3 is 0 Å². The summed E-state index contributed by atoms with van der Waals surface area (Å²) in [6.07, 6.45) is 3.50. The largest absolute Gasteiger partial charge is 0.122 e. The predicted molar refractivity (Wildman–Crippen MR) is 53.1 cm³/mol. The van der Waals surface area contributed by atoms with Crippen LogP contribution in [0.1, 0.15) is 34.1 Å². The minimum atomic E-state index is 0.599. The van der Waals surface area contributed by atoms with Crippen molar-refractivity contribution in [3.8, 4) is 0 Å². The van der Waals surface area contributed by atoms with Crippen LogP contribution in [0.15, 0.2) is 11.6 Å². The summed E-state index contributed by atoms with van der Waals surface area (Å²) in [5.41, 5.74) is 1.38. The molecular weight excluding hydrogens is 156 g/mol. The van der Waals surface area contributed by atoms with Gasteiger partial charge in [0.2, 0.25) is 0 Å². The first-order valence-corrected chi connectivity index (χ1v) is 4.91. The molecule has 0 fully saturated rings. The first kappa shape index (κ1) is 11.0. The van der Waals surface area contributed by atoms with E-state index in [1.54, 1.807) is 0 Å². The number of hydrogen-bond donors (Lipinski definition) is 0. The highest BCUT2D eigenvalue weighted by Gasteiger charge is 2.02. The Morgan fingerprint density at radius 3 is 2.18 bits per heavy atom. The highest BCUT2D eigenvalue weighted by Crippen LogP contribution is 2.15. The van der Waals surface area contributed by atoms with Crippen molar-refractivity contribution in [1.29, 1.82) is 0 Å². The third-order valence-electron chi connectivity index (χ3n) is 2.04. The highest BCUT2D eigenvalue weighted by atomic mass is 35.5. The number of allylic oxidation sites excluding steroid dienone is 2. The molecule has 0 aliphatic heterocycles. The van der Waals surface area contributed by atoms with Gasteiger partial charge in [-0.2, -0.15) is 0 Å². The van der Waals surface area contributed by atoms with Crippen molar-refractivity contribution in [1.82, 2.24) is 0 Å². The van der Waals surface area contributed by atoms with Gasteiger partial charge in [-0.05, 0) is 11.8 Å². The van der Waals surface area contributed by atoms with Crippen LogP contribution in [-0.2, 0) is 0 Å². The lowest BCUT2D eigenvalue weighted by Crippen LogP contribution is -1.99. The van der Waals surface area contributed by atoms with Gasteiger partial charge in [0.25, 0.3) is 0 Å². The molecule has 1 unspecified atom stereocenters. The molecule has 11 heavy (non-hydrogen) atoms. The minimum absolute atomic E-state index is 0.599. The van der Waals surface area contributed by atoms with Crippen LogP contribution in [0.2, 0.25) is 0 Å². The van der Waals surface area contributed by atoms with E-state index in [0.717, 1.165) is 0 Å². The van der Waals surface area contributed by atoms with Crippen molar-refractivity contribution < 1.29 is 0 Å². The molecule has 0 aliphatic rings. The molecule has 0 nitrogen and oxygen atoms in total. The topological polar surface area (TPSA) is 0 Å². The lowest BCUT2D eigenvalue weighted by Gasteiger charge is -2.10. The quantitative estimate of drug-likeness (QED) is 0.449. The second-order valence-corrected chi connectivity index (χ2v) is 3.68. The van der Waals surface area contributed by atoms with Gasteiger partial charge in [-0.15, -0.1) is 11.6 Å². The zero-order chi connectivity index (χ0) is 8.85. The Balaban J connectivity index is 4.10. The molecule has 0 saturated heterocycles. The van der Waals surface area contributed by atoms with Gasteiger partial charge in [-0.1, -0.05) is 45.8 Å². The first-order chi connectivity index (χ1) is 5.11.